The van der Waals surface area contributed by atoms with Crippen LogP contribution in [0, 0.1) is 0 Å². The molecule has 0 spiro atoms. The number of rotatable bonds is 1. The molecular formula is C2H12Cl5N. The summed E-state index contributed by atoms with van der Waals surface area (Å²) in [4.78, 5) is 0. The van der Waals surface area contributed by atoms with Gasteiger partial charge in [0.1, 0.15) is 1.41 Å². The molecule has 0 aromatic carbocycles. The highest BCUT2D eigenvalue weighted by molar-refractivity contribution is 5.86. The summed E-state index contributed by atoms with van der Waals surface area (Å²) in [5.74, 6) is 0. The minimum atomic E-state index is 0. The van der Waals surface area contributed by atoms with Crippen LogP contribution in [0.2, 0.25) is 1.41 Å². The molecule has 0 amide bonds. The van der Waals surface area contributed by atoms with Crippen LogP contribution in [0.15, 0.2) is 0 Å². The van der Waals surface area contributed by atoms with Crippen LogP contribution in [-0.2, 0) is 0 Å². The van der Waals surface area contributed by atoms with Gasteiger partial charge in [-0.1, -0.05) is 6.92 Å². The van der Waals surface area contributed by atoms with E-state index in [0.29, 0.717) is 0 Å². The van der Waals surface area contributed by atoms with E-state index in [1.807, 2.05) is 6.92 Å². The van der Waals surface area contributed by atoms with Crippen molar-refractivity contribution in [1.29, 1.82) is 0 Å². The van der Waals surface area contributed by atoms with Crippen LogP contribution in [0.3, 0.4) is 0 Å². The monoisotopic (exact) mass is 226 g/mol. The van der Waals surface area contributed by atoms with Crippen LogP contribution < -0.4 is 5.73 Å². The Morgan fingerprint density at radius 3 is 1.25 bits per heavy atom. The molecule has 0 saturated heterocycles. The van der Waals surface area contributed by atoms with Crippen LogP contribution >= 0.6 is 62.0 Å². The van der Waals surface area contributed by atoms with E-state index in [1.165, 1.54) is 0 Å². The number of halogens is 5. The zero-order valence-corrected chi connectivity index (χ0v) is 8.33. The van der Waals surface area contributed by atoms with Crippen molar-refractivity contribution in [3.05, 3.63) is 0 Å². The molecule has 6 heteroatoms. The van der Waals surface area contributed by atoms with E-state index in [0.717, 1.165) is 6.54 Å². The third-order valence-corrected chi connectivity index (χ3v) is 0. The minimum Gasteiger partial charge on any atom is -0.331 e. The van der Waals surface area contributed by atoms with E-state index >= 15 is 0 Å². The molecule has 8 heavy (non-hydrogen) atoms. The van der Waals surface area contributed by atoms with Gasteiger partial charge in [0.25, 0.3) is 0 Å². The molecule has 60 valence electrons. The van der Waals surface area contributed by atoms with Gasteiger partial charge in [-0.25, -0.2) is 0 Å². The average molecular weight is 228 g/mol. The van der Waals surface area contributed by atoms with Gasteiger partial charge in [0.2, 0.25) is 0 Å². The number of nitrogens with two attached hydrogens (primary N) is 1. The van der Waals surface area contributed by atoms with Crippen molar-refractivity contribution in [1.82, 2.24) is 0 Å². The lowest BCUT2D eigenvalue weighted by Crippen LogP contribution is -1.87. The first-order chi connectivity index (χ1) is 1.91. The Bertz CT molecular complexity index is 16.9. The molecule has 0 aromatic heterocycles. The molecule has 0 aliphatic rings. The fourth-order valence-electron chi connectivity index (χ4n) is 0. The zero-order chi connectivity index (χ0) is 3.41. The van der Waals surface area contributed by atoms with Gasteiger partial charge < -0.3 is 5.73 Å². The van der Waals surface area contributed by atoms with Crippen LogP contribution in [0.1, 0.15) is 6.92 Å². The van der Waals surface area contributed by atoms with Crippen molar-refractivity contribution in [2.45, 2.75) is 6.92 Å². The predicted octanol–water partition coefficient (Wildman–Crippen LogP) is 2.07. The molecule has 0 rings (SSSR count). The summed E-state index contributed by atoms with van der Waals surface area (Å²) < 4.78 is 6.20. The van der Waals surface area contributed by atoms with E-state index in [1.54, 1.807) is 0 Å². The molecule has 0 aromatic rings. The first-order valence-corrected chi connectivity index (χ1v) is 1.06. The highest BCUT2D eigenvalue weighted by atomic mass is 35.5. The lowest BCUT2D eigenvalue weighted by Gasteiger charge is -1.53. The normalized spacial score (nSPS) is 3.88. The summed E-state index contributed by atoms with van der Waals surface area (Å²) >= 11 is 0. The standard InChI is InChI=1S/C2H7N.5ClH/c1-2-3;;;;;/h2-3H2,1H3;5*1H/i/hD. The summed E-state index contributed by atoms with van der Waals surface area (Å²) in [7, 11) is 0. The SMILES string of the molecule is Cl.Cl.Cl.Cl.Cl.[2H]NCC. The Hall–Kier alpha value is 1.41. The van der Waals surface area contributed by atoms with E-state index in [9.17, 15) is 0 Å². The predicted molar refractivity (Wildman–Crippen MR) is 51.0 cm³/mol. The van der Waals surface area contributed by atoms with Crippen molar-refractivity contribution in [2.24, 2.45) is 5.73 Å². The highest BCUT2D eigenvalue weighted by Crippen LogP contribution is 1.20. The highest BCUT2D eigenvalue weighted by Gasteiger charge is 1.32. The molecule has 1 nitrogen and oxygen atoms in total. The van der Waals surface area contributed by atoms with Gasteiger partial charge in [0.15, 0.2) is 0 Å². The third-order valence-electron chi connectivity index (χ3n) is 0. The molecule has 0 fully saturated rings. The van der Waals surface area contributed by atoms with E-state index < -0.39 is 0 Å². The van der Waals surface area contributed by atoms with Crippen LogP contribution in [0.25, 0.3) is 0 Å². The van der Waals surface area contributed by atoms with Crippen molar-refractivity contribution in [2.75, 3.05) is 6.54 Å². The third kappa shape index (κ3) is 153. The quantitative estimate of drug-likeness (QED) is 0.730. The zero-order valence-electron chi connectivity index (χ0n) is 5.25. The lowest BCUT2D eigenvalue weighted by atomic mass is 10.8. The van der Waals surface area contributed by atoms with Crippen molar-refractivity contribution < 1.29 is 1.41 Å². The molecule has 0 radical (unpaired) electrons. The smallest absolute Gasteiger partial charge is 0.118 e. The van der Waals surface area contributed by atoms with Gasteiger partial charge in [-0.3, -0.25) is 0 Å². The van der Waals surface area contributed by atoms with Crippen molar-refractivity contribution in [3.8, 4) is 0 Å². The number of hydrogen-bond acceptors (Lipinski definition) is 1. The summed E-state index contributed by atoms with van der Waals surface area (Å²) in [6.45, 7) is 2.62. The van der Waals surface area contributed by atoms with Gasteiger partial charge in [0, 0.05) is 0 Å². The van der Waals surface area contributed by atoms with Crippen molar-refractivity contribution >= 4 is 62.0 Å². The molecule has 0 saturated carbocycles. The van der Waals surface area contributed by atoms with Crippen molar-refractivity contribution in [3.63, 3.8) is 0 Å². The summed E-state index contributed by atoms with van der Waals surface area (Å²) in [5.41, 5.74) is 2.18. The van der Waals surface area contributed by atoms with E-state index in [2.05, 4.69) is 5.73 Å². The molecule has 0 unspecified atom stereocenters. The van der Waals surface area contributed by atoms with Gasteiger partial charge in [0.05, 0.1) is 0 Å². The Morgan fingerprint density at radius 1 is 1.12 bits per heavy atom. The second-order valence-corrected chi connectivity index (χ2v) is 0.354. The molecular weight excluding hydrogens is 215 g/mol. The number of hydrogen-bond donors (Lipinski definition) is 1. The van der Waals surface area contributed by atoms with Gasteiger partial charge in [-0.15, -0.1) is 62.0 Å². The topological polar surface area (TPSA) is 26.0 Å². The van der Waals surface area contributed by atoms with Crippen LogP contribution in [-0.4, -0.2) is 6.54 Å². The molecule has 2 N–H and O–H groups in total. The first kappa shape index (κ1) is 34.2. The maximum atomic E-state index is 6.20. The molecule has 0 atom stereocenters. The first-order valence-electron chi connectivity index (χ1n) is 1.56. The van der Waals surface area contributed by atoms with E-state index in [4.69, 9.17) is 1.41 Å². The average Bonchev–Trinajstić information content (AvgIpc) is 1.37. The largest absolute Gasteiger partial charge is 0.331 e. The van der Waals surface area contributed by atoms with Crippen LogP contribution in [0.5, 0.6) is 0 Å². The second-order valence-electron chi connectivity index (χ2n) is 0.354. The van der Waals surface area contributed by atoms with Gasteiger partial charge in [-0.05, 0) is 6.54 Å². The fourth-order valence-corrected chi connectivity index (χ4v) is 0. The maximum absolute atomic E-state index is 6.20. The lowest BCUT2D eigenvalue weighted by molar-refractivity contribution is 1.14. The molecule has 0 heterocycles. The summed E-state index contributed by atoms with van der Waals surface area (Å²) in [6, 6.07) is 0. The summed E-state index contributed by atoms with van der Waals surface area (Å²) in [5, 5.41) is 0. The maximum Gasteiger partial charge on any atom is 0.118 e. The molecule has 0 aliphatic heterocycles. The summed E-state index contributed by atoms with van der Waals surface area (Å²) in [6.07, 6.45) is 0. The Balaban J connectivity index is -0.00000000450. The van der Waals surface area contributed by atoms with Gasteiger partial charge in [-0.2, -0.15) is 0 Å². The molecule has 0 aliphatic carbocycles. The minimum absolute atomic E-state index is 0. The Kier molecular flexibility index (Phi) is 340. The Morgan fingerprint density at radius 2 is 1.25 bits per heavy atom. The van der Waals surface area contributed by atoms with Crippen LogP contribution in [0.4, 0.5) is 0 Å². The fraction of sp³-hybridized carbons (Fsp3) is 1.00. The Labute approximate surface area is 82.7 Å². The van der Waals surface area contributed by atoms with E-state index in [-0.39, 0.29) is 62.0 Å². The van der Waals surface area contributed by atoms with Gasteiger partial charge >= 0.3 is 0 Å². The molecule has 0 bridgehead atoms. The second kappa shape index (κ2) is 79.5.